The number of rotatable bonds is 9. The molecule has 0 bridgehead atoms. The summed E-state index contributed by atoms with van der Waals surface area (Å²) < 4.78 is 1.75. The number of aryl methyl sites for hydroxylation is 2. The lowest BCUT2D eigenvalue weighted by atomic mass is 10.0. The van der Waals surface area contributed by atoms with Gasteiger partial charge in [0.15, 0.2) is 5.96 Å². The highest BCUT2D eigenvalue weighted by atomic mass is 16.1. The Kier molecular flexibility index (Phi) is 8.62. The van der Waals surface area contributed by atoms with Gasteiger partial charge in [0, 0.05) is 44.4 Å². The highest BCUT2D eigenvalue weighted by molar-refractivity contribution is 5.79. The van der Waals surface area contributed by atoms with E-state index in [2.05, 4.69) is 55.7 Å². The van der Waals surface area contributed by atoms with Gasteiger partial charge in [-0.25, -0.2) is 0 Å². The van der Waals surface area contributed by atoms with Gasteiger partial charge in [-0.1, -0.05) is 42.8 Å². The van der Waals surface area contributed by atoms with E-state index >= 15 is 0 Å². The van der Waals surface area contributed by atoms with Crippen LogP contribution in [0.3, 0.4) is 0 Å². The molecular weight excluding hydrogens is 336 g/mol. The van der Waals surface area contributed by atoms with Crippen LogP contribution in [0.2, 0.25) is 0 Å². The maximum atomic E-state index is 11.7. The van der Waals surface area contributed by atoms with Gasteiger partial charge in [-0.3, -0.25) is 9.79 Å². The Balaban J connectivity index is 1.76. The van der Waals surface area contributed by atoms with Gasteiger partial charge in [-0.2, -0.15) is 0 Å². The number of aromatic nitrogens is 1. The standard InChI is InChI=1S/C22H32N4O/c1-4-23-22(25-17-19(3)20-12-10-18(2)11-13-20)24-14-6-8-16-26-15-7-5-9-21(26)27/h5,7,9-13,15,19H,4,6,8,14,16-17H2,1-3H3,(H2,23,24,25). The van der Waals surface area contributed by atoms with E-state index in [1.165, 1.54) is 11.1 Å². The van der Waals surface area contributed by atoms with Crippen molar-refractivity contribution in [2.75, 3.05) is 19.6 Å². The van der Waals surface area contributed by atoms with Crippen molar-refractivity contribution in [3.63, 3.8) is 0 Å². The number of benzene rings is 1. The van der Waals surface area contributed by atoms with E-state index in [0.717, 1.165) is 45.0 Å². The van der Waals surface area contributed by atoms with Crippen LogP contribution in [0, 0.1) is 6.92 Å². The Hall–Kier alpha value is -2.56. The molecule has 146 valence electrons. The number of hydrogen-bond acceptors (Lipinski definition) is 2. The van der Waals surface area contributed by atoms with E-state index < -0.39 is 0 Å². The smallest absolute Gasteiger partial charge is 0.250 e. The molecule has 0 aliphatic carbocycles. The number of hydrogen-bond donors (Lipinski definition) is 2. The normalized spacial score (nSPS) is 12.6. The predicted molar refractivity (Wildman–Crippen MR) is 114 cm³/mol. The summed E-state index contributed by atoms with van der Waals surface area (Å²) in [7, 11) is 0. The zero-order chi connectivity index (χ0) is 19.5. The van der Waals surface area contributed by atoms with Crippen LogP contribution in [0.4, 0.5) is 0 Å². The van der Waals surface area contributed by atoms with E-state index in [9.17, 15) is 4.79 Å². The third-order valence-electron chi connectivity index (χ3n) is 4.53. The van der Waals surface area contributed by atoms with Gasteiger partial charge < -0.3 is 15.2 Å². The summed E-state index contributed by atoms with van der Waals surface area (Å²) in [5, 5.41) is 6.69. The van der Waals surface area contributed by atoms with E-state index in [1.807, 2.05) is 12.3 Å². The van der Waals surface area contributed by atoms with Gasteiger partial charge >= 0.3 is 0 Å². The molecule has 5 heteroatoms. The number of pyridine rings is 1. The van der Waals surface area contributed by atoms with Gasteiger partial charge in [0.05, 0.1) is 0 Å². The van der Waals surface area contributed by atoms with Crippen molar-refractivity contribution in [2.24, 2.45) is 4.99 Å². The molecule has 0 saturated heterocycles. The Morgan fingerprint density at radius 2 is 1.89 bits per heavy atom. The molecule has 1 aromatic carbocycles. The molecule has 5 nitrogen and oxygen atoms in total. The third-order valence-corrected chi connectivity index (χ3v) is 4.53. The molecule has 27 heavy (non-hydrogen) atoms. The van der Waals surface area contributed by atoms with Crippen LogP contribution in [0.5, 0.6) is 0 Å². The summed E-state index contributed by atoms with van der Waals surface area (Å²) >= 11 is 0. The molecule has 0 radical (unpaired) electrons. The minimum absolute atomic E-state index is 0.0606. The number of unbranched alkanes of at least 4 members (excludes halogenated alkanes) is 1. The summed E-state index contributed by atoms with van der Waals surface area (Å²) in [5.41, 5.74) is 2.65. The van der Waals surface area contributed by atoms with Crippen molar-refractivity contribution in [3.05, 3.63) is 70.1 Å². The van der Waals surface area contributed by atoms with Crippen molar-refractivity contribution >= 4 is 5.96 Å². The van der Waals surface area contributed by atoms with Crippen LogP contribution in [-0.2, 0) is 6.54 Å². The van der Waals surface area contributed by atoms with Crippen molar-refractivity contribution in [3.8, 4) is 0 Å². The van der Waals surface area contributed by atoms with Crippen LogP contribution in [0.25, 0.3) is 0 Å². The number of nitrogens with zero attached hydrogens (tertiary/aromatic N) is 2. The topological polar surface area (TPSA) is 58.4 Å². The Morgan fingerprint density at radius 3 is 2.59 bits per heavy atom. The molecule has 1 atom stereocenters. The van der Waals surface area contributed by atoms with Crippen LogP contribution in [0.1, 0.15) is 43.7 Å². The Labute approximate surface area is 162 Å². The second-order valence-electron chi connectivity index (χ2n) is 6.90. The first kappa shape index (κ1) is 20.7. The zero-order valence-electron chi connectivity index (χ0n) is 16.7. The fourth-order valence-electron chi connectivity index (χ4n) is 2.83. The highest BCUT2D eigenvalue weighted by Gasteiger charge is 2.05. The maximum absolute atomic E-state index is 11.7. The van der Waals surface area contributed by atoms with Gasteiger partial charge in [0.25, 0.3) is 0 Å². The molecule has 0 fully saturated rings. The van der Waals surface area contributed by atoms with Crippen molar-refractivity contribution < 1.29 is 0 Å². The molecule has 1 heterocycles. The minimum Gasteiger partial charge on any atom is -0.357 e. The van der Waals surface area contributed by atoms with E-state index in [4.69, 9.17) is 4.99 Å². The number of aliphatic imine (C=N–C) groups is 1. The molecule has 2 aromatic rings. The molecule has 0 spiro atoms. The summed E-state index contributed by atoms with van der Waals surface area (Å²) in [6.07, 6.45) is 3.78. The largest absolute Gasteiger partial charge is 0.357 e. The van der Waals surface area contributed by atoms with Crippen molar-refractivity contribution in [1.82, 2.24) is 15.2 Å². The van der Waals surface area contributed by atoms with Crippen molar-refractivity contribution in [2.45, 2.75) is 46.1 Å². The summed E-state index contributed by atoms with van der Waals surface area (Å²) in [5.74, 6) is 1.24. The molecule has 0 amide bonds. The van der Waals surface area contributed by atoms with Gasteiger partial charge in [-0.15, -0.1) is 0 Å². The Morgan fingerprint density at radius 1 is 1.11 bits per heavy atom. The minimum atomic E-state index is 0.0606. The first-order valence-electron chi connectivity index (χ1n) is 9.84. The third kappa shape index (κ3) is 7.29. The fraction of sp³-hybridized carbons (Fsp3) is 0.455. The van der Waals surface area contributed by atoms with Crippen LogP contribution >= 0.6 is 0 Å². The molecule has 0 aliphatic heterocycles. The summed E-state index contributed by atoms with van der Waals surface area (Å²) in [6, 6.07) is 13.9. The van der Waals surface area contributed by atoms with Crippen molar-refractivity contribution in [1.29, 1.82) is 0 Å². The quantitative estimate of drug-likeness (QED) is 0.406. The van der Waals surface area contributed by atoms with Crippen LogP contribution in [-0.4, -0.2) is 30.2 Å². The van der Waals surface area contributed by atoms with Gasteiger partial charge in [-0.05, 0) is 38.3 Å². The molecule has 2 rings (SSSR count). The molecule has 0 saturated carbocycles. The van der Waals surface area contributed by atoms with Gasteiger partial charge in [0.1, 0.15) is 0 Å². The highest BCUT2D eigenvalue weighted by Crippen LogP contribution is 2.15. The number of guanidine groups is 1. The van der Waals surface area contributed by atoms with Crippen LogP contribution in [0.15, 0.2) is 58.4 Å². The summed E-state index contributed by atoms with van der Waals surface area (Å²) in [6.45, 7) is 9.56. The van der Waals surface area contributed by atoms with E-state index in [1.54, 1.807) is 16.7 Å². The Bertz CT molecular complexity index is 764. The second kappa shape index (κ2) is 11.2. The molecule has 2 N–H and O–H groups in total. The lowest BCUT2D eigenvalue weighted by Gasteiger charge is -2.14. The molecular formula is C22H32N4O. The lowest BCUT2D eigenvalue weighted by molar-refractivity contribution is 0.585. The summed E-state index contributed by atoms with van der Waals surface area (Å²) in [4.78, 5) is 16.4. The maximum Gasteiger partial charge on any atom is 0.250 e. The SMILES string of the molecule is CCNC(=NCC(C)c1ccc(C)cc1)NCCCCn1ccccc1=O. The second-order valence-corrected chi connectivity index (χ2v) is 6.90. The number of nitrogens with one attached hydrogen (secondary N) is 2. The molecule has 0 aliphatic rings. The first-order chi connectivity index (χ1) is 13.1. The first-order valence-corrected chi connectivity index (χ1v) is 9.84. The zero-order valence-corrected chi connectivity index (χ0v) is 16.7. The average Bonchev–Trinajstić information content (AvgIpc) is 2.67. The molecule has 1 aromatic heterocycles. The lowest BCUT2D eigenvalue weighted by Crippen LogP contribution is -2.38. The van der Waals surface area contributed by atoms with E-state index in [0.29, 0.717) is 5.92 Å². The predicted octanol–water partition coefficient (Wildman–Crippen LogP) is 3.30. The molecule has 1 unspecified atom stereocenters. The van der Waals surface area contributed by atoms with E-state index in [-0.39, 0.29) is 5.56 Å². The van der Waals surface area contributed by atoms with Gasteiger partial charge in [0.2, 0.25) is 5.56 Å². The monoisotopic (exact) mass is 368 g/mol. The fourth-order valence-corrected chi connectivity index (χ4v) is 2.83. The average molecular weight is 369 g/mol. The van der Waals surface area contributed by atoms with Crippen LogP contribution < -0.4 is 16.2 Å².